The highest BCUT2D eigenvalue weighted by Gasteiger charge is 2.33. The molecule has 234 valence electrons. The van der Waals surface area contributed by atoms with Crippen molar-refractivity contribution in [1.29, 1.82) is 0 Å². The number of carbonyl (C=O) groups is 2. The molecule has 0 radical (unpaired) electrons. The first-order valence-corrected chi connectivity index (χ1v) is 15.7. The molecule has 3 amide bonds. The first-order chi connectivity index (χ1) is 21.0. The number of fused-ring (bicyclic) bond motifs is 2. The van der Waals surface area contributed by atoms with Gasteiger partial charge in [-0.1, -0.05) is 25.1 Å². The zero-order valence-corrected chi connectivity index (χ0v) is 25.5. The van der Waals surface area contributed by atoms with E-state index in [1.165, 1.54) is 23.5 Å². The summed E-state index contributed by atoms with van der Waals surface area (Å²) in [7, 11) is -2.30. The fraction of sp³-hybridized carbons (Fsp3) is 0.355. The number of hydrogen-bond acceptors (Lipinski definition) is 8. The summed E-state index contributed by atoms with van der Waals surface area (Å²) < 4.78 is 45.0. The fourth-order valence-electron chi connectivity index (χ4n) is 5.12. The second kappa shape index (κ2) is 13.1. The largest absolute Gasteiger partial charge is 0.488 e. The van der Waals surface area contributed by atoms with E-state index in [0.29, 0.717) is 34.2 Å². The van der Waals surface area contributed by atoms with Gasteiger partial charge in [0.2, 0.25) is 22.7 Å². The Morgan fingerprint density at radius 2 is 1.68 bits per heavy atom. The van der Waals surface area contributed by atoms with Crippen molar-refractivity contribution >= 4 is 33.3 Å². The molecule has 0 aromatic heterocycles. The Bertz CT molecular complexity index is 1620. The number of anilines is 2. The van der Waals surface area contributed by atoms with E-state index in [-0.39, 0.29) is 49.6 Å². The van der Waals surface area contributed by atoms with Gasteiger partial charge in [0.15, 0.2) is 11.5 Å². The summed E-state index contributed by atoms with van der Waals surface area (Å²) in [6.07, 6.45) is -0.680. The fourth-order valence-corrected chi connectivity index (χ4v) is 6.32. The molecule has 5 rings (SSSR count). The first-order valence-electron chi connectivity index (χ1n) is 14.2. The third-order valence-corrected chi connectivity index (χ3v) is 9.53. The van der Waals surface area contributed by atoms with Crippen molar-refractivity contribution in [3.63, 3.8) is 0 Å². The van der Waals surface area contributed by atoms with Gasteiger partial charge in [-0.25, -0.2) is 13.2 Å². The highest BCUT2D eigenvalue weighted by atomic mass is 32.2. The summed E-state index contributed by atoms with van der Waals surface area (Å²) in [5.41, 5.74) is 1.44. The van der Waals surface area contributed by atoms with Crippen LogP contribution in [0.1, 0.15) is 19.4 Å². The van der Waals surface area contributed by atoms with Gasteiger partial charge < -0.3 is 34.9 Å². The van der Waals surface area contributed by atoms with Crippen molar-refractivity contribution in [2.45, 2.75) is 37.3 Å². The lowest BCUT2D eigenvalue weighted by Gasteiger charge is -2.33. The summed E-state index contributed by atoms with van der Waals surface area (Å²) in [5.74, 6) is 1.01. The SMILES string of the molecule is C[C@H](CO)N1C[C@H](C)[C@H](CN(C)S(=O)(=O)c2ccccc2)Oc2ccc(NC(=O)Nc3ccc4c(c3)OCO4)cc2CC1=O. The molecule has 44 heavy (non-hydrogen) atoms. The van der Waals surface area contributed by atoms with Crippen LogP contribution < -0.4 is 24.8 Å². The Hall–Kier alpha value is -4.33. The van der Waals surface area contributed by atoms with Gasteiger partial charge in [-0.2, -0.15) is 4.31 Å². The topological polar surface area (TPSA) is 147 Å². The highest BCUT2D eigenvalue weighted by Crippen LogP contribution is 2.34. The second-order valence-electron chi connectivity index (χ2n) is 11.0. The number of urea groups is 1. The summed E-state index contributed by atoms with van der Waals surface area (Å²) in [6, 6.07) is 17.2. The predicted molar refractivity (Wildman–Crippen MR) is 163 cm³/mol. The molecule has 0 saturated carbocycles. The van der Waals surface area contributed by atoms with Crippen molar-refractivity contribution < 1.29 is 37.3 Å². The first kappa shape index (κ1) is 31.1. The summed E-state index contributed by atoms with van der Waals surface area (Å²) in [4.78, 5) is 28.1. The van der Waals surface area contributed by atoms with Gasteiger partial charge in [-0.15, -0.1) is 0 Å². The Kier molecular flexibility index (Phi) is 9.28. The highest BCUT2D eigenvalue weighted by molar-refractivity contribution is 7.89. The molecule has 0 unspecified atom stereocenters. The maximum Gasteiger partial charge on any atom is 0.323 e. The van der Waals surface area contributed by atoms with E-state index in [0.717, 1.165) is 0 Å². The average molecular weight is 625 g/mol. The van der Waals surface area contributed by atoms with E-state index < -0.39 is 28.2 Å². The number of sulfonamides is 1. The number of nitrogens with one attached hydrogen (secondary N) is 2. The molecule has 2 aliphatic heterocycles. The van der Waals surface area contributed by atoms with E-state index in [9.17, 15) is 23.1 Å². The number of ether oxygens (including phenoxy) is 3. The van der Waals surface area contributed by atoms with E-state index in [1.807, 2.05) is 6.92 Å². The molecule has 2 aliphatic rings. The molecular weight excluding hydrogens is 588 g/mol. The van der Waals surface area contributed by atoms with Crippen molar-refractivity contribution in [1.82, 2.24) is 9.21 Å². The van der Waals surface area contributed by atoms with Gasteiger partial charge in [0.05, 0.1) is 30.5 Å². The molecule has 0 spiro atoms. The predicted octanol–water partition coefficient (Wildman–Crippen LogP) is 3.53. The Balaban J connectivity index is 1.39. The Morgan fingerprint density at radius 1 is 1.02 bits per heavy atom. The molecular formula is C31H36N4O8S. The molecule has 0 fully saturated rings. The number of benzene rings is 3. The number of aliphatic hydroxyl groups is 1. The van der Waals surface area contributed by atoms with Crippen LogP contribution in [0.4, 0.5) is 16.2 Å². The summed E-state index contributed by atoms with van der Waals surface area (Å²) >= 11 is 0. The van der Waals surface area contributed by atoms with Gasteiger partial charge >= 0.3 is 6.03 Å². The molecule has 3 aromatic rings. The normalized spacial score (nSPS) is 18.8. The zero-order valence-electron chi connectivity index (χ0n) is 24.7. The smallest absolute Gasteiger partial charge is 0.323 e. The maximum absolute atomic E-state index is 13.5. The van der Waals surface area contributed by atoms with Crippen LogP contribution in [0, 0.1) is 5.92 Å². The zero-order chi connectivity index (χ0) is 31.4. The van der Waals surface area contributed by atoms with Gasteiger partial charge in [-0.05, 0) is 49.4 Å². The second-order valence-corrected chi connectivity index (χ2v) is 13.0. The summed E-state index contributed by atoms with van der Waals surface area (Å²) in [6.45, 7) is 3.80. The third kappa shape index (κ3) is 6.90. The summed E-state index contributed by atoms with van der Waals surface area (Å²) in [5, 5.41) is 15.4. The van der Waals surface area contributed by atoms with Crippen molar-refractivity contribution in [3.8, 4) is 17.2 Å². The quantitative estimate of drug-likeness (QED) is 0.345. The van der Waals surface area contributed by atoms with Crippen LogP contribution in [0.25, 0.3) is 0 Å². The molecule has 0 bridgehead atoms. The van der Waals surface area contributed by atoms with Gasteiger partial charge in [-0.3, -0.25) is 4.79 Å². The van der Waals surface area contributed by atoms with E-state index >= 15 is 0 Å². The molecule has 3 aromatic carbocycles. The number of nitrogens with zero attached hydrogens (tertiary/aromatic N) is 2. The number of hydrogen-bond donors (Lipinski definition) is 3. The van der Waals surface area contributed by atoms with E-state index in [4.69, 9.17) is 14.2 Å². The molecule has 0 aliphatic carbocycles. The number of amides is 3. The van der Waals surface area contributed by atoms with Crippen LogP contribution in [0.15, 0.2) is 71.6 Å². The number of rotatable bonds is 8. The van der Waals surface area contributed by atoms with Gasteiger partial charge in [0.25, 0.3) is 0 Å². The van der Waals surface area contributed by atoms with Crippen molar-refractivity contribution in [2.24, 2.45) is 5.92 Å². The lowest BCUT2D eigenvalue weighted by Crippen LogP contribution is -2.48. The number of carbonyl (C=O) groups excluding carboxylic acids is 2. The van der Waals surface area contributed by atoms with Gasteiger partial charge in [0.1, 0.15) is 11.9 Å². The monoisotopic (exact) mass is 624 g/mol. The molecule has 3 N–H and O–H groups in total. The van der Waals surface area contributed by atoms with Crippen LogP contribution >= 0.6 is 0 Å². The van der Waals surface area contributed by atoms with Crippen LogP contribution in [-0.4, -0.2) is 80.4 Å². The van der Waals surface area contributed by atoms with Gasteiger partial charge in [0, 0.05) is 42.5 Å². The van der Waals surface area contributed by atoms with Crippen LogP contribution in [0.3, 0.4) is 0 Å². The maximum atomic E-state index is 13.5. The minimum atomic E-state index is -3.80. The Labute approximate surface area is 256 Å². The third-order valence-electron chi connectivity index (χ3n) is 7.69. The molecule has 2 heterocycles. The average Bonchev–Trinajstić information content (AvgIpc) is 3.49. The van der Waals surface area contributed by atoms with Crippen LogP contribution in [-0.2, 0) is 21.2 Å². The molecule has 0 saturated heterocycles. The Morgan fingerprint density at radius 3 is 2.39 bits per heavy atom. The van der Waals surface area contributed by atoms with Crippen molar-refractivity contribution in [2.75, 3.05) is 44.2 Å². The van der Waals surface area contributed by atoms with E-state index in [1.54, 1.807) is 66.4 Å². The van der Waals surface area contributed by atoms with E-state index in [2.05, 4.69) is 10.6 Å². The lowest BCUT2D eigenvalue weighted by molar-refractivity contribution is -0.134. The minimum Gasteiger partial charge on any atom is -0.488 e. The number of aliphatic hydroxyl groups excluding tert-OH is 1. The molecule has 12 nitrogen and oxygen atoms in total. The molecule has 3 atom stereocenters. The molecule has 13 heteroatoms. The van der Waals surface area contributed by atoms with Crippen LogP contribution in [0.5, 0.6) is 17.2 Å². The minimum absolute atomic E-state index is 0.0192. The van der Waals surface area contributed by atoms with Crippen LogP contribution in [0.2, 0.25) is 0 Å². The number of likely N-dealkylation sites (N-methyl/N-ethyl adjacent to an activating group) is 1. The van der Waals surface area contributed by atoms with Crippen molar-refractivity contribution in [3.05, 3.63) is 72.3 Å². The lowest BCUT2D eigenvalue weighted by atomic mass is 10.0. The standard InChI is InChI=1S/C31H36N4O8S/c1-20-16-35(21(2)18-36)30(37)14-22-13-23(32-31(38)33-24-10-12-27-28(15-24)42-19-41-27)9-11-26(22)43-29(20)17-34(3)44(39,40)25-7-5-4-6-8-25/h4-13,15,20-21,29,36H,14,16-19H2,1-3H3,(H2,32,33,38)/t20-,21+,29-/m0/s1.